The van der Waals surface area contributed by atoms with Gasteiger partial charge in [0.05, 0.1) is 12.9 Å². The van der Waals surface area contributed by atoms with Crippen LogP contribution in [0.3, 0.4) is 0 Å². The second kappa shape index (κ2) is 3.82. The van der Waals surface area contributed by atoms with Crippen LogP contribution in [-0.2, 0) is 13.6 Å². The van der Waals surface area contributed by atoms with E-state index in [0.29, 0.717) is 12.4 Å². The summed E-state index contributed by atoms with van der Waals surface area (Å²) < 4.78 is 3.01. The van der Waals surface area contributed by atoms with Gasteiger partial charge in [-0.25, -0.2) is 9.97 Å². The van der Waals surface area contributed by atoms with Gasteiger partial charge >= 0.3 is 0 Å². The van der Waals surface area contributed by atoms with Gasteiger partial charge in [-0.2, -0.15) is 5.10 Å². The van der Waals surface area contributed by atoms with E-state index in [-0.39, 0.29) is 10.7 Å². The maximum atomic E-state index is 11.5. The molecule has 0 saturated heterocycles. The SMILES string of the molecule is Cn1ncnc1Cn1cnc(Cl)cc1=O. The molecule has 15 heavy (non-hydrogen) atoms. The van der Waals surface area contributed by atoms with Crippen LogP contribution in [0.5, 0.6) is 0 Å². The Kier molecular flexibility index (Phi) is 2.51. The van der Waals surface area contributed by atoms with E-state index in [1.54, 1.807) is 11.7 Å². The quantitative estimate of drug-likeness (QED) is 0.679. The molecule has 0 unspecified atom stereocenters. The fourth-order valence-electron chi connectivity index (χ4n) is 1.14. The molecule has 0 aliphatic heterocycles. The van der Waals surface area contributed by atoms with Crippen LogP contribution in [-0.4, -0.2) is 24.3 Å². The predicted molar refractivity (Wildman–Crippen MR) is 53.6 cm³/mol. The zero-order chi connectivity index (χ0) is 10.8. The van der Waals surface area contributed by atoms with Crippen molar-refractivity contribution < 1.29 is 0 Å². The van der Waals surface area contributed by atoms with Gasteiger partial charge < -0.3 is 0 Å². The molecular formula is C8H8ClN5O. The highest BCUT2D eigenvalue weighted by molar-refractivity contribution is 6.29. The van der Waals surface area contributed by atoms with E-state index in [1.165, 1.54) is 23.3 Å². The molecule has 0 aliphatic rings. The summed E-state index contributed by atoms with van der Waals surface area (Å²) in [4.78, 5) is 19.3. The Labute approximate surface area is 90.2 Å². The van der Waals surface area contributed by atoms with Crippen LogP contribution in [0.1, 0.15) is 5.82 Å². The molecule has 2 aromatic rings. The zero-order valence-corrected chi connectivity index (χ0v) is 8.72. The van der Waals surface area contributed by atoms with E-state index in [4.69, 9.17) is 11.6 Å². The smallest absolute Gasteiger partial charge is 0.255 e. The van der Waals surface area contributed by atoms with E-state index < -0.39 is 0 Å². The monoisotopic (exact) mass is 225 g/mol. The number of halogens is 1. The van der Waals surface area contributed by atoms with Crippen LogP contribution in [0.15, 0.2) is 23.5 Å². The second-order valence-corrected chi connectivity index (χ2v) is 3.36. The Balaban J connectivity index is 2.33. The maximum absolute atomic E-state index is 11.5. The molecule has 0 saturated carbocycles. The fraction of sp³-hybridized carbons (Fsp3) is 0.250. The lowest BCUT2D eigenvalue weighted by molar-refractivity contribution is 0.633. The van der Waals surface area contributed by atoms with Crippen molar-refractivity contribution in [3.05, 3.63) is 40.1 Å². The van der Waals surface area contributed by atoms with Crippen LogP contribution in [0, 0.1) is 0 Å². The molecule has 7 heteroatoms. The summed E-state index contributed by atoms with van der Waals surface area (Å²) in [6.07, 6.45) is 2.82. The lowest BCUT2D eigenvalue weighted by Crippen LogP contribution is -2.21. The molecule has 0 radical (unpaired) electrons. The number of nitrogens with zero attached hydrogens (tertiary/aromatic N) is 5. The van der Waals surface area contributed by atoms with Gasteiger partial charge in [0.15, 0.2) is 0 Å². The van der Waals surface area contributed by atoms with Gasteiger partial charge in [-0.15, -0.1) is 0 Å². The molecule has 6 nitrogen and oxygen atoms in total. The topological polar surface area (TPSA) is 65.6 Å². The molecule has 78 valence electrons. The molecule has 0 fully saturated rings. The Morgan fingerprint density at radius 3 is 2.87 bits per heavy atom. The first kappa shape index (κ1) is 9.85. The molecule has 0 aromatic carbocycles. The normalized spacial score (nSPS) is 10.5. The third-order valence-corrected chi connectivity index (χ3v) is 2.17. The Bertz CT molecular complexity index is 532. The number of aromatic nitrogens is 5. The lowest BCUT2D eigenvalue weighted by atomic mass is 10.5. The van der Waals surface area contributed by atoms with Crippen molar-refractivity contribution in [2.24, 2.45) is 7.05 Å². The third kappa shape index (κ3) is 2.04. The maximum Gasteiger partial charge on any atom is 0.255 e. The molecular weight excluding hydrogens is 218 g/mol. The molecule has 2 heterocycles. The Hall–Kier alpha value is -1.69. The van der Waals surface area contributed by atoms with Crippen LogP contribution in [0.25, 0.3) is 0 Å². The minimum Gasteiger partial charge on any atom is -0.291 e. The second-order valence-electron chi connectivity index (χ2n) is 2.98. The van der Waals surface area contributed by atoms with Crippen molar-refractivity contribution in [1.29, 1.82) is 0 Å². The van der Waals surface area contributed by atoms with Crippen molar-refractivity contribution in [3.63, 3.8) is 0 Å². The van der Waals surface area contributed by atoms with Crippen LogP contribution < -0.4 is 5.56 Å². The zero-order valence-electron chi connectivity index (χ0n) is 7.96. The van der Waals surface area contributed by atoms with Crippen molar-refractivity contribution in [2.45, 2.75) is 6.54 Å². The Morgan fingerprint density at radius 2 is 2.27 bits per heavy atom. The summed E-state index contributed by atoms with van der Waals surface area (Å²) in [5.41, 5.74) is -0.210. The molecule has 0 N–H and O–H groups in total. The number of hydrogen-bond donors (Lipinski definition) is 0. The Morgan fingerprint density at radius 1 is 1.47 bits per heavy atom. The summed E-state index contributed by atoms with van der Waals surface area (Å²) in [7, 11) is 1.76. The van der Waals surface area contributed by atoms with Crippen molar-refractivity contribution in [3.8, 4) is 0 Å². The molecule has 2 rings (SSSR count). The minimum atomic E-state index is -0.210. The van der Waals surface area contributed by atoms with E-state index >= 15 is 0 Å². The molecule has 0 atom stereocenters. The molecule has 0 bridgehead atoms. The first-order chi connectivity index (χ1) is 7.16. The van der Waals surface area contributed by atoms with Crippen LogP contribution >= 0.6 is 11.6 Å². The first-order valence-electron chi connectivity index (χ1n) is 4.21. The highest BCUT2D eigenvalue weighted by Crippen LogP contribution is 1.98. The molecule has 2 aromatic heterocycles. The van der Waals surface area contributed by atoms with Gasteiger partial charge in [-0.1, -0.05) is 11.6 Å². The highest BCUT2D eigenvalue weighted by atomic mass is 35.5. The molecule has 0 spiro atoms. The van der Waals surface area contributed by atoms with E-state index in [9.17, 15) is 4.79 Å². The minimum absolute atomic E-state index is 0.189. The average molecular weight is 226 g/mol. The predicted octanol–water partition coefficient (Wildman–Crippen LogP) is 0.0735. The summed E-state index contributed by atoms with van der Waals surface area (Å²) >= 11 is 5.57. The summed E-state index contributed by atoms with van der Waals surface area (Å²) in [6, 6.07) is 1.26. The van der Waals surface area contributed by atoms with Crippen LogP contribution in [0.2, 0.25) is 5.15 Å². The average Bonchev–Trinajstić information content (AvgIpc) is 2.57. The summed E-state index contributed by atoms with van der Waals surface area (Å²) in [5, 5.41) is 4.09. The fourth-order valence-corrected chi connectivity index (χ4v) is 1.28. The van der Waals surface area contributed by atoms with Crippen molar-refractivity contribution in [2.75, 3.05) is 0 Å². The van der Waals surface area contributed by atoms with Gasteiger partial charge in [-0.3, -0.25) is 14.0 Å². The summed E-state index contributed by atoms with van der Waals surface area (Å²) in [5.74, 6) is 0.682. The van der Waals surface area contributed by atoms with E-state index in [1.807, 2.05) is 0 Å². The van der Waals surface area contributed by atoms with Gasteiger partial charge in [0, 0.05) is 13.1 Å². The standard InChI is InChI=1S/C8H8ClN5O/c1-13-7(10-4-12-13)3-14-5-11-6(9)2-8(14)15/h2,4-5H,3H2,1H3. The third-order valence-electron chi connectivity index (χ3n) is 1.96. The highest BCUT2D eigenvalue weighted by Gasteiger charge is 2.03. The van der Waals surface area contributed by atoms with Crippen LogP contribution in [0.4, 0.5) is 0 Å². The number of rotatable bonds is 2. The molecule has 0 amide bonds. The van der Waals surface area contributed by atoms with Gasteiger partial charge in [0.1, 0.15) is 17.3 Å². The van der Waals surface area contributed by atoms with Gasteiger partial charge in [-0.05, 0) is 0 Å². The number of hydrogen-bond acceptors (Lipinski definition) is 4. The van der Waals surface area contributed by atoms with Gasteiger partial charge in [0.25, 0.3) is 5.56 Å². The van der Waals surface area contributed by atoms with Crippen molar-refractivity contribution in [1.82, 2.24) is 24.3 Å². The van der Waals surface area contributed by atoms with E-state index in [0.717, 1.165) is 0 Å². The molecule has 0 aliphatic carbocycles. The van der Waals surface area contributed by atoms with Gasteiger partial charge in [0.2, 0.25) is 0 Å². The largest absolute Gasteiger partial charge is 0.291 e. The number of aryl methyl sites for hydroxylation is 1. The van der Waals surface area contributed by atoms with E-state index in [2.05, 4.69) is 15.1 Å². The first-order valence-corrected chi connectivity index (χ1v) is 4.59. The summed E-state index contributed by atoms with van der Waals surface area (Å²) in [6.45, 7) is 0.333. The van der Waals surface area contributed by atoms with Crippen molar-refractivity contribution >= 4 is 11.6 Å². The lowest BCUT2D eigenvalue weighted by Gasteiger charge is -2.03.